The monoisotopic (exact) mass is 106 g/mol. The van der Waals surface area contributed by atoms with Crippen LogP contribution in [0.4, 0.5) is 0 Å². The maximum absolute atomic E-state index is 4.20. The molecule has 0 nitrogen and oxygen atoms in total. The number of hydrogen-bond donors (Lipinski definition) is 1. The minimum absolute atomic E-state index is 0.361. The molecule has 0 amide bonds. The van der Waals surface area contributed by atoms with Gasteiger partial charge in [-0.05, 0) is 6.92 Å². The van der Waals surface area contributed by atoms with Gasteiger partial charge in [0.15, 0.2) is 0 Å². The molecule has 1 unspecified atom stereocenters. The van der Waals surface area contributed by atoms with Crippen LogP contribution < -0.4 is 0 Å². The van der Waals surface area contributed by atoms with E-state index in [-0.39, 0.29) is 0 Å². The molecule has 1 heterocycles. The van der Waals surface area contributed by atoms with Gasteiger partial charge in [0.1, 0.15) is 0 Å². The van der Waals surface area contributed by atoms with E-state index in [0.717, 1.165) is 0 Å². The quantitative estimate of drug-likeness (QED) is 0.359. The fourth-order valence-electron chi connectivity index (χ4n) is 0.104. The van der Waals surface area contributed by atoms with Crippen molar-refractivity contribution < 1.29 is 0 Å². The Balaban J connectivity index is 2.38. The second-order valence-electron chi connectivity index (χ2n) is 1.46. The topological polar surface area (TPSA) is 0 Å². The summed E-state index contributed by atoms with van der Waals surface area (Å²) >= 11 is 6.09. The molecule has 2 heteroatoms. The Morgan fingerprint density at radius 2 is 2.20 bits per heavy atom. The molecule has 0 spiro atoms. The summed E-state index contributed by atoms with van der Waals surface area (Å²) in [5.41, 5.74) is 0. The fraction of sp³-hybridized carbons (Fsp3) is 1.00. The summed E-state index contributed by atoms with van der Waals surface area (Å²) in [5, 5.41) is 0. The van der Waals surface area contributed by atoms with Crippen LogP contribution in [0.15, 0.2) is 0 Å². The molecule has 0 N–H and O–H groups in total. The highest BCUT2D eigenvalue weighted by atomic mass is 32.2. The highest BCUT2D eigenvalue weighted by Gasteiger charge is 2.33. The molecule has 1 rings (SSSR count). The second kappa shape index (κ2) is 0.850. The van der Waals surface area contributed by atoms with Crippen LogP contribution in [0, 0.1) is 0 Å². The molecular weight excluding hydrogens is 100 g/mol. The first kappa shape index (κ1) is 3.88. The van der Waals surface area contributed by atoms with Gasteiger partial charge in [0, 0.05) is 5.75 Å². The minimum atomic E-state index is 0.361. The molecule has 1 atom stereocenters. The van der Waals surface area contributed by atoms with Crippen molar-refractivity contribution >= 4 is 24.4 Å². The molecule has 1 aliphatic heterocycles. The van der Waals surface area contributed by atoms with Crippen molar-refractivity contribution in [2.75, 3.05) is 5.75 Å². The van der Waals surface area contributed by atoms with Crippen molar-refractivity contribution in [2.45, 2.75) is 11.0 Å². The SMILES string of the molecule is CC1(S)CS1. The standard InChI is InChI=1S/C3H6S2/c1-3(4)2-5-3/h4H,2H2,1H3. The van der Waals surface area contributed by atoms with Crippen LogP contribution in [0.5, 0.6) is 0 Å². The molecular formula is C3H6S2. The number of rotatable bonds is 0. The van der Waals surface area contributed by atoms with Gasteiger partial charge in [0.05, 0.1) is 4.08 Å². The van der Waals surface area contributed by atoms with E-state index in [2.05, 4.69) is 19.6 Å². The van der Waals surface area contributed by atoms with Crippen molar-refractivity contribution in [2.24, 2.45) is 0 Å². The lowest BCUT2D eigenvalue weighted by atomic mass is 10.6. The van der Waals surface area contributed by atoms with E-state index in [1.165, 1.54) is 5.75 Å². The molecule has 1 aliphatic rings. The summed E-state index contributed by atoms with van der Waals surface area (Å²) in [7, 11) is 0. The third kappa shape index (κ3) is 1.05. The zero-order valence-corrected chi connectivity index (χ0v) is 4.77. The number of hydrogen-bond acceptors (Lipinski definition) is 2. The fourth-order valence-corrected chi connectivity index (χ4v) is 0.507. The van der Waals surface area contributed by atoms with Gasteiger partial charge in [-0.25, -0.2) is 0 Å². The molecule has 0 saturated carbocycles. The van der Waals surface area contributed by atoms with E-state index < -0.39 is 0 Å². The Kier molecular flexibility index (Phi) is 0.659. The highest BCUT2D eigenvalue weighted by molar-refractivity contribution is 8.19. The summed E-state index contributed by atoms with van der Waals surface area (Å²) in [4.78, 5) is 0. The molecule has 0 aromatic rings. The first-order valence-corrected chi connectivity index (χ1v) is 3.00. The second-order valence-corrected chi connectivity index (χ2v) is 4.23. The van der Waals surface area contributed by atoms with Gasteiger partial charge in [-0.2, -0.15) is 12.6 Å². The van der Waals surface area contributed by atoms with Crippen LogP contribution in [0.3, 0.4) is 0 Å². The van der Waals surface area contributed by atoms with E-state index in [9.17, 15) is 0 Å². The summed E-state index contributed by atoms with van der Waals surface area (Å²) in [6, 6.07) is 0. The molecule has 30 valence electrons. The third-order valence-electron chi connectivity index (χ3n) is 0.562. The van der Waals surface area contributed by atoms with Crippen molar-refractivity contribution in [3.05, 3.63) is 0 Å². The summed E-state index contributed by atoms with van der Waals surface area (Å²) < 4.78 is 0.361. The zero-order valence-electron chi connectivity index (χ0n) is 3.06. The summed E-state index contributed by atoms with van der Waals surface area (Å²) in [6.45, 7) is 2.13. The van der Waals surface area contributed by atoms with Crippen LogP contribution in [-0.4, -0.2) is 9.83 Å². The van der Waals surface area contributed by atoms with Gasteiger partial charge < -0.3 is 0 Å². The van der Waals surface area contributed by atoms with Crippen LogP contribution in [0.2, 0.25) is 0 Å². The molecule has 0 aromatic heterocycles. The Morgan fingerprint density at radius 3 is 2.20 bits per heavy atom. The molecule has 0 aliphatic carbocycles. The average molecular weight is 106 g/mol. The molecule has 1 fully saturated rings. The Labute approximate surface area is 41.7 Å². The minimum Gasteiger partial charge on any atom is -0.161 e. The van der Waals surface area contributed by atoms with Gasteiger partial charge >= 0.3 is 0 Å². The molecule has 0 bridgehead atoms. The average Bonchev–Trinajstić information content (AvgIpc) is 1.76. The van der Waals surface area contributed by atoms with Gasteiger partial charge in [-0.3, -0.25) is 0 Å². The third-order valence-corrected chi connectivity index (χ3v) is 2.46. The number of thiol groups is 1. The normalized spacial score (nSPS) is 49.2. The molecule has 0 radical (unpaired) electrons. The predicted molar refractivity (Wildman–Crippen MR) is 29.8 cm³/mol. The van der Waals surface area contributed by atoms with Crippen LogP contribution >= 0.6 is 24.4 Å². The Morgan fingerprint density at radius 1 is 2.00 bits per heavy atom. The van der Waals surface area contributed by atoms with Crippen LogP contribution in [0.25, 0.3) is 0 Å². The molecule has 0 aromatic carbocycles. The van der Waals surface area contributed by atoms with E-state index in [0.29, 0.717) is 4.08 Å². The first-order valence-electron chi connectivity index (χ1n) is 1.57. The van der Waals surface area contributed by atoms with E-state index in [4.69, 9.17) is 0 Å². The first-order chi connectivity index (χ1) is 2.21. The van der Waals surface area contributed by atoms with E-state index >= 15 is 0 Å². The summed E-state index contributed by atoms with van der Waals surface area (Å²) in [6.07, 6.45) is 0. The maximum Gasteiger partial charge on any atom is 0.0644 e. The van der Waals surface area contributed by atoms with Crippen molar-refractivity contribution in [3.63, 3.8) is 0 Å². The van der Waals surface area contributed by atoms with Gasteiger partial charge in [0.25, 0.3) is 0 Å². The van der Waals surface area contributed by atoms with Crippen molar-refractivity contribution in [3.8, 4) is 0 Å². The Hall–Kier alpha value is 0.700. The molecule has 5 heavy (non-hydrogen) atoms. The lowest BCUT2D eigenvalue weighted by Crippen LogP contribution is -1.82. The Bertz CT molecular complexity index is 42.9. The smallest absolute Gasteiger partial charge is 0.0644 e. The van der Waals surface area contributed by atoms with Crippen molar-refractivity contribution in [1.82, 2.24) is 0 Å². The van der Waals surface area contributed by atoms with E-state index in [1.807, 2.05) is 11.8 Å². The maximum atomic E-state index is 4.20. The highest BCUT2D eigenvalue weighted by Crippen LogP contribution is 2.47. The summed E-state index contributed by atoms with van der Waals surface area (Å²) in [5.74, 6) is 1.23. The van der Waals surface area contributed by atoms with Gasteiger partial charge in [-0.15, -0.1) is 11.8 Å². The van der Waals surface area contributed by atoms with Gasteiger partial charge in [0.2, 0.25) is 0 Å². The van der Waals surface area contributed by atoms with Crippen LogP contribution in [-0.2, 0) is 0 Å². The largest absolute Gasteiger partial charge is 0.161 e. The lowest BCUT2D eigenvalue weighted by Gasteiger charge is -1.82. The van der Waals surface area contributed by atoms with Crippen molar-refractivity contribution in [1.29, 1.82) is 0 Å². The molecule has 1 saturated heterocycles. The van der Waals surface area contributed by atoms with E-state index in [1.54, 1.807) is 0 Å². The lowest BCUT2D eigenvalue weighted by molar-refractivity contribution is 1.17. The van der Waals surface area contributed by atoms with Crippen LogP contribution in [0.1, 0.15) is 6.92 Å². The van der Waals surface area contributed by atoms with Gasteiger partial charge in [-0.1, -0.05) is 0 Å². The zero-order chi connectivity index (χ0) is 3.91. The number of thioether (sulfide) groups is 1. The predicted octanol–water partition coefficient (Wildman–Crippen LogP) is 1.38.